The maximum Gasteiger partial charge on any atom is 0.289 e. The minimum Gasteiger partial charge on any atom is -0.233 e. The summed E-state index contributed by atoms with van der Waals surface area (Å²) in [4.78, 5) is 0. The van der Waals surface area contributed by atoms with Crippen molar-refractivity contribution in [2.24, 2.45) is 14.1 Å². The zero-order valence-electron chi connectivity index (χ0n) is 16.5. The van der Waals surface area contributed by atoms with E-state index in [2.05, 4.69) is 115 Å². The highest BCUT2D eigenvalue weighted by Gasteiger charge is 2.28. The van der Waals surface area contributed by atoms with Gasteiger partial charge in [0.1, 0.15) is 12.4 Å². The highest BCUT2D eigenvalue weighted by Crippen LogP contribution is 2.45. The molecule has 4 aromatic rings. The van der Waals surface area contributed by atoms with E-state index in [-0.39, 0.29) is 0 Å². The van der Waals surface area contributed by atoms with Gasteiger partial charge < -0.3 is 0 Å². The van der Waals surface area contributed by atoms with Gasteiger partial charge in [0.2, 0.25) is 0 Å². The average molecular weight is 363 g/mol. The minimum absolute atomic E-state index is 1.21. The molecule has 0 saturated carbocycles. The topological polar surface area (TPSA) is 8.81 Å². The molecule has 2 nitrogen and oxygen atoms in total. The first-order chi connectivity index (χ1) is 13.7. The van der Waals surface area contributed by atoms with Gasteiger partial charge >= 0.3 is 0 Å². The van der Waals surface area contributed by atoms with Crippen molar-refractivity contribution in [2.45, 2.75) is 6.92 Å². The molecule has 136 valence electrons. The van der Waals surface area contributed by atoms with Crippen molar-refractivity contribution >= 4 is 11.1 Å². The van der Waals surface area contributed by atoms with Gasteiger partial charge in [-0.15, -0.1) is 0 Å². The Morgan fingerprint density at radius 2 is 1.07 bits per heavy atom. The highest BCUT2D eigenvalue weighted by molar-refractivity contribution is 6.06. The lowest BCUT2D eigenvalue weighted by atomic mass is 9.81. The van der Waals surface area contributed by atoms with Gasteiger partial charge in [0.05, 0.1) is 19.7 Å². The summed E-state index contributed by atoms with van der Waals surface area (Å²) in [6.07, 6.45) is 4.24. The molecule has 0 spiro atoms. The number of aryl methyl sites for hydroxylation is 2. The van der Waals surface area contributed by atoms with Crippen molar-refractivity contribution in [3.8, 4) is 22.3 Å². The molecule has 0 unspecified atom stereocenters. The van der Waals surface area contributed by atoms with Crippen LogP contribution >= 0.6 is 0 Å². The third kappa shape index (κ3) is 2.38. The SMILES string of the molecule is C/C1=C(\c2n(C)cc[n+]2C)c2ccccc2-c2ccccc2-c2ccccc21. The summed E-state index contributed by atoms with van der Waals surface area (Å²) in [6.45, 7) is 2.26. The lowest BCUT2D eigenvalue weighted by Crippen LogP contribution is -2.32. The van der Waals surface area contributed by atoms with Crippen LogP contribution in [0.3, 0.4) is 0 Å². The molecule has 0 saturated heterocycles. The van der Waals surface area contributed by atoms with E-state index < -0.39 is 0 Å². The highest BCUT2D eigenvalue weighted by atomic mass is 15.1. The molecular weight excluding hydrogens is 340 g/mol. The first kappa shape index (κ1) is 16.8. The number of nitrogens with zero attached hydrogens (tertiary/aromatic N) is 2. The van der Waals surface area contributed by atoms with E-state index in [1.807, 2.05) is 0 Å². The van der Waals surface area contributed by atoms with Crippen LogP contribution in [0.25, 0.3) is 33.4 Å². The quantitative estimate of drug-likeness (QED) is 0.396. The number of aromatic nitrogens is 2. The van der Waals surface area contributed by atoms with Gasteiger partial charge in [-0.25, -0.2) is 9.13 Å². The standard InChI is InChI=1S/C26H23N2/c1-18-19-10-4-5-11-20(19)21-12-6-7-13-22(21)23-14-8-9-15-24(23)25(18)26-27(2)16-17-28(26)3/h4-17H,1-3H3/q+1/b19-18?,21-20?,23-22?,25-18+,25-24?. The average Bonchev–Trinajstić information content (AvgIpc) is 3.06. The summed E-state index contributed by atoms with van der Waals surface area (Å²) in [5.74, 6) is 1.21. The van der Waals surface area contributed by atoms with Crippen molar-refractivity contribution in [1.82, 2.24) is 4.57 Å². The van der Waals surface area contributed by atoms with Gasteiger partial charge in [0.15, 0.2) is 0 Å². The van der Waals surface area contributed by atoms with Gasteiger partial charge in [0, 0.05) is 0 Å². The lowest BCUT2D eigenvalue weighted by Gasteiger charge is -2.23. The normalized spacial score (nSPS) is 15.2. The molecule has 1 heterocycles. The molecule has 0 bridgehead atoms. The summed E-state index contributed by atoms with van der Waals surface area (Å²) >= 11 is 0. The molecule has 1 aromatic heterocycles. The molecule has 28 heavy (non-hydrogen) atoms. The van der Waals surface area contributed by atoms with Crippen molar-refractivity contribution in [1.29, 1.82) is 0 Å². The van der Waals surface area contributed by atoms with Crippen LogP contribution in [0.15, 0.2) is 85.2 Å². The van der Waals surface area contributed by atoms with Crippen LogP contribution in [-0.4, -0.2) is 4.57 Å². The van der Waals surface area contributed by atoms with E-state index in [1.165, 1.54) is 50.4 Å². The zero-order chi connectivity index (χ0) is 19.3. The summed E-state index contributed by atoms with van der Waals surface area (Å²) in [7, 11) is 4.24. The fourth-order valence-corrected chi connectivity index (χ4v) is 4.50. The van der Waals surface area contributed by atoms with E-state index in [1.54, 1.807) is 0 Å². The number of fused-ring (bicyclic) bond motifs is 5. The molecule has 0 atom stereocenters. The van der Waals surface area contributed by atoms with Gasteiger partial charge in [-0.2, -0.15) is 0 Å². The molecular formula is C26H23N2+. The number of rotatable bonds is 1. The van der Waals surface area contributed by atoms with Crippen LogP contribution in [-0.2, 0) is 14.1 Å². The molecule has 1 aliphatic carbocycles. The Morgan fingerprint density at radius 1 is 0.643 bits per heavy atom. The van der Waals surface area contributed by atoms with Crippen molar-refractivity contribution in [2.75, 3.05) is 0 Å². The molecule has 0 radical (unpaired) electrons. The van der Waals surface area contributed by atoms with Crippen LogP contribution in [0.1, 0.15) is 23.9 Å². The Hall–Kier alpha value is -3.39. The van der Waals surface area contributed by atoms with E-state index >= 15 is 0 Å². The van der Waals surface area contributed by atoms with Crippen LogP contribution in [0.5, 0.6) is 0 Å². The second-order valence-corrected chi connectivity index (χ2v) is 7.48. The number of allylic oxidation sites excluding steroid dienone is 1. The first-order valence-corrected chi connectivity index (χ1v) is 9.67. The monoisotopic (exact) mass is 363 g/mol. The molecule has 3 aromatic carbocycles. The third-order valence-electron chi connectivity index (χ3n) is 5.82. The summed E-state index contributed by atoms with van der Waals surface area (Å²) in [5, 5.41) is 0. The molecule has 1 aliphatic rings. The number of hydrogen-bond acceptors (Lipinski definition) is 0. The first-order valence-electron chi connectivity index (χ1n) is 9.67. The van der Waals surface area contributed by atoms with E-state index in [4.69, 9.17) is 0 Å². The summed E-state index contributed by atoms with van der Waals surface area (Å²) in [6, 6.07) is 26.3. The van der Waals surface area contributed by atoms with E-state index in [0.29, 0.717) is 0 Å². The van der Waals surface area contributed by atoms with Crippen LogP contribution in [0, 0.1) is 0 Å². The van der Waals surface area contributed by atoms with Crippen LogP contribution in [0.4, 0.5) is 0 Å². The molecule has 0 fully saturated rings. The summed E-state index contributed by atoms with van der Waals surface area (Å²) < 4.78 is 4.43. The minimum atomic E-state index is 1.21. The maximum absolute atomic E-state index is 2.26. The fraction of sp³-hybridized carbons (Fsp3) is 0.115. The number of benzene rings is 3. The summed E-state index contributed by atoms with van der Waals surface area (Å²) in [5.41, 5.74) is 10.3. The Morgan fingerprint density at radius 3 is 1.57 bits per heavy atom. The van der Waals surface area contributed by atoms with Gasteiger partial charge in [-0.1, -0.05) is 72.8 Å². The Balaban J connectivity index is 2.00. The Labute approximate surface area is 166 Å². The predicted molar refractivity (Wildman–Crippen MR) is 115 cm³/mol. The maximum atomic E-state index is 2.26. The Bertz CT molecular complexity index is 1220. The molecule has 0 aliphatic heterocycles. The molecule has 2 heteroatoms. The van der Waals surface area contributed by atoms with Crippen molar-refractivity contribution in [3.63, 3.8) is 0 Å². The Kier molecular flexibility index (Phi) is 3.80. The van der Waals surface area contributed by atoms with Crippen molar-refractivity contribution in [3.05, 3.63) is 102 Å². The largest absolute Gasteiger partial charge is 0.289 e. The lowest BCUT2D eigenvalue weighted by molar-refractivity contribution is -0.673. The molecule has 5 rings (SSSR count). The predicted octanol–water partition coefficient (Wildman–Crippen LogP) is 5.48. The van der Waals surface area contributed by atoms with Gasteiger partial charge in [-0.3, -0.25) is 0 Å². The van der Waals surface area contributed by atoms with Crippen LogP contribution < -0.4 is 4.57 Å². The molecule has 0 N–H and O–H groups in total. The second-order valence-electron chi connectivity index (χ2n) is 7.48. The second kappa shape index (κ2) is 6.35. The van der Waals surface area contributed by atoms with E-state index in [0.717, 1.165) is 0 Å². The zero-order valence-corrected chi connectivity index (χ0v) is 16.5. The van der Waals surface area contributed by atoms with Crippen LogP contribution in [0.2, 0.25) is 0 Å². The smallest absolute Gasteiger partial charge is 0.233 e. The van der Waals surface area contributed by atoms with E-state index in [9.17, 15) is 0 Å². The third-order valence-corrected chi connectivity index (χ3v) is 5.82. The van der Waals surface area contributed by atoms with Crippen molar-refractivity contribution < 1.29 is 4.57 Å². The number of hydrogen-bond donors (Lipinski definition) is 0. The van der Waals surface area contributed by atoms with Gasteiger partial charge in [0.25, 0.3) is 5.82 Å². The number of imidazole rings is 1. The fourth-order valence-electron chi connectivity index (χ4n) is 4.50. The van der Waals surface area contributed by atoms with Gasteiger partial charge in [-0.05, 0) is 45.9 Å². The molecule has 0 amide bonds.